The lowest BCUT2D eigenvalue weighted by Gasteiger charge is -2.00. The van der Waals surface area contributed by atoms with Crippen molar-refractivity contribution in [2.75, 3.05) is 6.54 Å². The van der Waals surface area contributed by atoms with E-state index in [9.17, 15) is 0 Å². The van der Waals surface area contributed by atoms with Crippen LogP contribution in [0.4, 0.5) is 0 Å². The van der Waals surface area contributed by atoms with E-state index in [4.69, 9.17) is 10.8 Å². The molecule has 0 bridgehead atoms. The first-order valence-electron chi connectivity index (χ1n) is 4.71. The summed E-state index contributed by atoms with van der Waals surface area (Å²) in [6.07, 6.45) is 8.22. The fraction of sp³-hybridized carbons (Fsp3) is 0.455. The molecule has 2 nitrogen and oxygen atoms in total. The summed E-state index contributed by atoms with van der Waals surface area (Å²) in [5.74, 6) is 3.58. The SMILES string of the molecule is C#CCCCCNCc1ccc(Br)o1. The minimum absolute atomic E-state index is 0.779. The van der Waals surface area contributed by atoms with E-state index in [0.717, 1.165) is 42.8 Å². The number of furan rings is 1. The zero-order valence-corrected chi connectivity index (χ0v) is 9.64. The molecule has 1 rings (SSSR count). The largest absolute Gasteiger partial charge is 0.453 e. The maximum atomic E-state index is 5.33. The van der Waals surface area contributed by atoms with E-state index in [2.05, 4.69) is 27.2 Å². The van der Waals surface area contributed by atoms with Crippen molar-refractivity contribution >= 4 is 15.9 Å². The predicted octanol–water partition coefficient (Wildman–Crippen LogP) is 2.94. The third-order valence-electron chi connectivity index (χ3n) is 1.85. The van der Waals surface area contributed by atoms with Gasteiger partial charge in [-0.15, -0.1) is 12.3 Å². The molecular weight excluding hydrogens is 242 g/mol. The summed E-state index contributed by atoms with van der Waals surface area (Å²) in [6, 6.07) is 3.86. The van der Waals surface area contributed by atoms with Gasteiger partial charge in [0.1, 0.15) is 5.76 Å². The summed E-state index contributed by atoms with van der Waals surface area (Å²) < 4.78 is 6.11. The maximum absolute atomic E-state index is 5.33. The molecule has 0 atom stereocenters. The summed E-state index contributed by atoms with van der Waals surface area (Å²) in [7, 11) is 0. The molecule has 14 heavy (non-hydrogen) atoms. The van der Waals surface area contributed by atoms with Crippen LogP contribution in [0.2, 0.25) is 0 Å². The molecule has 0 unspecified atom stereocenters. The van der Waals surface area contributed by atoms with E-state index in [1.807, 2.05) is 12.1 Å². The fourth-order valence-electron chi connectivity index (χ4n) is 1.14. The minimum atomic E-state index is 0.779. The van der Waals surface area contributed by atoms with Gasteiger partial charge in [0.25, 0.3) is 0 Å². The Morgan fingerprint density at radius 1 is 1.43 bits per heavy atom. The molecule has 1 aromatic heterocycles. The van der Waals surface area contributed by atoms with Crippen molar-refractivity contribution in [3.63, 3.8) is 0 Å². The van der Waals surface area contributed by atoms with E-state index in [1.54, 1.807) is 0 Å². The highest BCUT2D eigenvalue weighted by Gasteiger charge is 1.97. The Balaban J connectivity index is 2.02. The lowest BCUT2D eigenvalue weighted by molar-refractivity contribution is 0.463. The molecule has 0 aliphatic rings. The molecule has 0 fully saturated rings. The molecule has 0 amide bonds. The molecule has 76 valence electrons. The highest BCUT2D eigenvalue weighted by Crippen LogP contribution is 2.13. The van der Waals surface area contributed by atoms with Crippen LogP contribution in [0.25, 0.3) is 0 Å². The van der Waals surface area contributed by atoms with Crippen LogP contribution in [-0.2, 0) is 6.54 Å². The number of rotatable bonds is 6. The lowest BCUT2D eigenvalue weighted by atomic mass is 10.2. The van der Waals surface area contributed by atoms with Crippen LogP contribution in [0.1, 0.15) is 25.0 Å². The van der Waals surface area contributed by atoms with Gasteiger partial charge in [-0.1, -0.05) is 0 Å². The Hall–Kier alpha value is -0.720. The number of unbranched alkanes of at least 4 members (excludes halogenated alkanes) is 2. The topological polar surface area (TPSA) is 25.2 Å². The number of halogens is 1. The first kappa shape index (κ1) is 11.4. The Bertz CT molecular complexity index is 300. The standard InChI is InChI=1S/C11H14BrNO/c1-2-3-4-5-8-13-9-10-6-7-11(12)14-10/h1,6-7,13H,3-5,8-9H2. The molecule has 1 aromatic rings. The third kappa shape index (κ3) is 4.50. The van der Waals surface area contributed by atoms with Crippen LogP contribution in [0.15, 0.2) is 21.2 Å². The van der Waals surface area contributed by atoms with Gasteiger partial charge in [0.2, 0.25) is 0 Å². The molecule has 1 N–H and O–H groups in total. The van der Waals surface area contributed by atoms with Crippen molar-refractivity contribution in [3.05, 3.63) is 22.6 Å². The zero-order valence-electron chi connectivity index (χ0n) is 8.05. The van der Waals surface area contributed by atoms with Gasteiger partial charge in [0.15, 0.2) is 4.67 Å². The smallest absolute Gasteiger partial charge is 0.169 e. The molecule has 0 radical (unpaired) electrons. The Labute approximate surface area is 93.2 Å². The van der Waals surface area contributed by atoms with Crippen molar-refractivity contribution in [3.8, 4) is 12.3 Å². The first-order chi connectivity index (χ1) is 6.83. The summed E-state index contributed by atoms with van der Waals surface area (Å²) in [5, 5.41) is 3.29. The average molecular weight is 256 g/mol. The van der Waals surface area contributed by atoms with E-state index in [0.29, 0.717) is 0 Å². The molecule has 0 saturated heterocycles. The third-order valence-corrected chi connectivity index (χ3v) is 2.28. The summed E-state index contributed by atoms with van der Waals surface area (Å²) in [5.41, 5.74) is 0. The van der Waals surface area contributed by atoms with Gasteiger partial charge in [-0.2, -0.15) is 0 Å². The second-order valence-electron chi connectivity index (χ2n) is 3.04. The number of terminal acetylenes is 1. The molecule has 0 spiro atoms. The second kappa shape index (κ2) is 6.69. The number of hydrogen-bond acceptors (Lipinski definition) is 2. The van der Waals surface area contributed by atoms with E-state index < -0.39 is 0 Å². The Kier molecular flexibility index (Phi) is 5.43. The summed E-state index contributed by atoms with van der Waals surface area (Å²) in [6.45, 7) is 1.77. The van der Waals surface area contributed by atoms with Gasteiger partial charge in [-0.05, 0) is 47.4 Å². The molecule has 0 aliphatic heterocycles. The van der Waals surface area contributed by atoms with Gasteiger partial charge in [-0.25, -0.2) is 0 Å². The quantitative estimate of drug-likeness (QED) is 0.625. The average Bonchev–Trinajstić information content (AvgIpc) is 2.58. The zero-order chi connectivity index (χ0) is 10.2. The van der Waals surface area contributed by atoms with Crippen molar-refractivity contribution in [1.29, 1.82) is 0 Å². The second-order valence-corrected chi connectivity index (χ2v) is 3.83. The van der Waals surface area contributed by atoms with Gasteiger partial charge < -0.3 is 9.73 Å². The maximum Gasteiger partial charge on any atom is 0.169 e. The van der Waals surface area contributed by atoms with Crippen LogP contribution in [0.3, 0.4) is 0 Å². The molecule has 1 heterocycles. The number of nitrogens with one attached hydrogen (secondary N) is 1. The lowest BCUT2D eigenvalue weighted by Crippen LogP contribution is -2.13. The fourth-order valence-corrected chi connectivity index (χ4v) is 1.48. The van der Waals surface area contributed by atoms with E-state index in [-0.39, 0.29) is 0 Å². The highest BCUT2D eigenvalue weighted by atomic mass is 79.9. The molecule has 3 heteroatoms. The van der Waals surface area contributed by atoms with Crippen molar-refractivity contribution in [2.45, 2.75) is 25.8 Å². The van der Waals surface area contributed by atoms with Crippen LogP contribution < -0.4 is 5.32 Å². The normalized spacial score (nSPS) is 10.0. The molecule has 0 saturated carbocycles. The molecular formula is C11H14BrNO. The van der Waals surface area contributed by atoms with Crippen LogP contribution >= 0.6 is 15.9 Å². The summed E-state index contributed by atoms with van der Waals surface area (Å²) in [4.78, 5) is 0. The first-order valence-corrected chi connectivity index (χ1v) is 5.50. The van der Waals surface area contributed by atoms with E-state index in [1.165, 1.54) is 0 Å². The van der Waals surface area contributed by atoms with Gasteiger partial charge >= 0.3 is 0 Å². The van der Waals surface area contributed by atoms with Crippen molar-refractivity contribution in [1.82, 2.24) is 5.32 Å². The van der Waals surface area contributed by atoms with Gasteiger partial charge in [0.05, 0.1) is 6.54 Å². The van der Waals surface area contributed by atoms with Crippen LogP contribution in [-0.4, -0.2) is 6.54 Å². The minimum Gasteiger partial charge on any atom is -0.453 e. The predicted molar refractivity (Wildman–Crippen MR) is 60.8 cm³/mol. The van der Waals surface area contributed by atoms with Crippen molar-refractivity contribution < 1.29 is 4.42 Å². The molecule has 0 aliphatic carbocycles. The molecule has 0 aromatic carbocycles. The van der Waals surface area contributed by atoms with Crippen LogP contribution in [0.5, 0.6) is 0 Å². The highest BCUT2D eigenvalue weighted by molar-refractivity contribution is 9.10. The Morgan fingerprint density at radius 3 is 2.93 bits per heavy atom. The van der Waals surface area contributed by atoms with Crippen molar-refractivity contribution in [2.24, 2.45) is 0 Å². The summed E-state index contributed by atoms with van der Waals surface area (Å²) >= 11 is 3.26. The monoisotopic (exact) mass is 255 g/mol. The van der Waals surface area contributed by atoms with Gasteiger partial charge in [0, 0.05) is 6.42 Å². The number of hydrogen-bond donors (Lipinski definition) is 1. The van der Waals surface area contributed by atoms with E-state index >= 15 is 0 Å². The van der Waals surface area contributed by atoms with Gasteiger partial charge in [-0.3, -0.25) is 0 Å². The Morgan fingerprint density at radius 2 is 2.29 bits per heavy atom. The van der Waals surface area contributed by atoms with Crippen LogP contribution in [0, 0.1) is 12.3 Å².